The van der Waals surface area contributed by atoms with E-state index in [4.69, 9.17) is 23.5 Å². The molecule has 0 aliphatic carbocycles. The Morgan fingerprint density at radius 2 is 1.57 bits per heavy atom. The van der Waals surface area contributed by atoms with Crippen LogP contribution in [-0.4, -0.2) is 98.8 Å². The molecular weight excluding hydrogens is 791 g/mol. The summed E-state index contributed by atoms with van der Waals surface area (Å²) >= 11 is 0. The Balaban J connectivity index is 1.69. The molecule has 3 atom stereocenters. The Labute approximate surface area is 358 Å². The number of piperidine rings is 1. The molecule has 17 nitrogen and oxygen atoms in total. The summed E-state index contributed by atoms with van der Waals surface area (Å²) in [6, 6.07) is 5.65. The van der Waals surface area contributed by atoms with Gasteiger partial charge >= 0.3 is 17.9 Å². The van der Waals surface area contributed by atoms with Crippen LogP contribution in [0.4, 0.5) is 0 Å². The van der Waals surface area contributed by atoms with Crippen LogP contribution in [0.2, 0.25) is 0 Å². The van der Waals surface area contributed by atoms with Gasteiger partial charge in [-0.1, -0.05) is 65.9 Å². The summed E-state index contributed by atoms with van der Waals surface area (Å²) in [5.74, 6) is -4.25. The van der Waals surface area contributed by atoms with E-state index in [1.54, 1.807) is 25.1 Å². The maximum absolute atomic E-state index is 13.6. The smallest absolute Gasteiger partial charge is 0.335 e. The molecule has 61 heavy (non-hydrogen) atoms. The number of hydrogen-bond donors (Lipinski definition) is 4. The molecule has 338 valence electrons. The largest absolute Gasteiger partial charge is 0.493 e. The van der Waals surface area contributed by atoms with Crippen molar-refractivity contribution in [3.05, 3.63) is 41.7 Å². The number of unbranched alkanes of at least 4 members (excludes halogenated alkanes) is 4. The van der Waals surface area contributed by atoms with Gasteiger partial charge < -0.3 is 44.7 Å². The lowest BCUT2D eigenvalue weighted by Gasteiger charge is -2.33. The fraction of sp³-hybridized carbons (Fsp3) is 0.614. The van der Waals surface area contributed by atoms with Crippen LogP contribution in [-0.2, 0) is 38.3 Å². The van der Waals surface area contributed by atoms with Crippen LogP contribution in [0.5, 0.6) is 5.75 Å². The van der Waals surface area contributed by atoms with Gasteiger partial charge in [-0.25, -0.2) is 9.59 Å². The van der Waals surface area contributed by atoms with E-state index in [-0.39, 0.29) is 55.2 Å². The van der Waals surface area contributed by atoms with Crippen LogP contribution in [0.3, 0.4) is 0 Å². The van der Waals surface area contributed by atoms with Crippen molar-refractivity contribution in [2.45, 2.75) is 124 Å². The first-order chi connectivity index (χ1) is 29.5. The van der Waals surface area contributed by atoms with Crippen molar-refractivity contribution in [1.29, 1.82) is 0 Å². The number of hydroxylamine groups is 2. The Morgan fingerprint density at radius 1 is 0.869 bits per heavy atom. The van der Waals surface area contributed by atoms with Gasteiger partial charge in [0.2, 0.25) is 12.3 Å². The minimum absolute atomic E-state index is 0.0536. The van der Waals surface area contributed by atoms with E-state index in [2.05, 4.69) is 21.3 Å². The number of rotatable bonds is 28. The number of carbonyl (C=O) groups is 7. The molecule has 3 rings (SSSR count). The molecule has 1 saturated heterocycles. The van der Waals surface area contributed by atoms with Gasteiger partial charge in [0.25, 0.3) is 11.8 Å². The number of esters is 2. The van der Waals surface area contributed by atoms with Gasteiger partial charge in [0.15, 0.2) is 5.76 Å². The Morgan fingerprint density at radius 3 is 2.23 bits per heavy atom. The number of ether oxygens (including phenoxy) is 3. The summed E-state index contributed by atoms with van der Waals surface area (Å²) < 4.78 is 22.2. The van der Waals surface area contributed by atoms with Gasteiger partial charge in [-0.3, -0.25) is 24.0 Å². The molecule has 4 amide bonds. The number of hydrogen-bond acceptors (Lipinski definition) is 13. The number of nitrogens with zero attached hydrogens (tertiary/aromatic N) is 1. The molecule has 0 spiro atoms. The number of benzene rings is 1. The average Bonchev–Trinajstić information content (AvgIpc) is 3.76. The molecule has 1 aliphatic rings. The highest BCUT2D eigenvalue weighted by molar-refractivity contribution is 6.00. The zero-order valence-corrected chi connectivity index (χ0v) is 36.3. The van der Waals surface area contributed by atoms with Gasteiger partial charge in [-0.2, -0.15) is 5.06 Å². The molecule has 2 heterocycles. The first-order valence-corrected chi connectivity index (χ1v) is 21.7. The molecule has 0 radical (unpaired) electrons. The molecule has 1 aliphatic heterocycles. The van der Waals surface area contributed by atoms with Gasteiger partial charge in [0, 0.05) is 5.56 Å². The summed E-state index contributed by atoms with van der Waals surface area (Å²) in [6.07, 6.45) is 7.41. The third-order valence-electron chi connectivity index (χ3n) is 10.3. The molecule has 0 bridgehead atoms. The summed E-state index contributed by atoms with van der Waals surface area (Å²) in [5.41, 5.74) is 0.564. The van der Waals surface area contributed by atoms with E-state index in [9.17, 15) is 33.6 Å². The molecule has 0 saturated carbocycles. The van der Waals surface area contributed by atoms with Gasteiger partial charge in [-0.05, 0) is 82.8 Å². The topological polar surface area (TPSA) is 221 Å². The predicted molar refractivity (Wildman–Crippen MR) is 225 cm³/mol. The fourth-order valence-electron chi connectivity index (χ4n) is 6.74. The monoisotopic (exact) mass is 855 g/mol. The Bertz CT molecular complexity index is 1730. The highest BCUT2D eigenvalue weighted by Crippen LogP contribution is 2.30. The predicted octanol–water partition coefficient (Wildman–Crippen LogP) is 5.22. The van der Waals surface area contributed by atoms with E-state index in [0.717, 1.165) is 30.7 Å². The maximum atomic E-state index is 13.6. The lowest BCUT2D eigenvalue weighted by molar-refractivity contribution is -0.208. The number of nitrogens with one attached hydrogen (secondary N) is 4. The third-order valence-corrected chi connectivity index (χ3v) is 10.3. The van der Waals surface area contributed by atoms with Crippen LogP contribution in [0.15, 0.2) is 34.7 Å². The summed E-state index contributed by atoms with van der Waals surface area (Å²) in [5, 5.41) is 12.1. The van der Waals surface area contributed by atoms with Crippen LogP contribution in [0.25, 0.3) is 11.3 Å². The minimum Gasteiger partial charge on any atom is -0.493 e. The Kier molecular flexibility index (Phi) is 22.4. The van der Waals surface area contributed by atoms with Crippen molar-refractivity contribution >= 4 is 42.0 Å². The second-order valence-corrected chi connectivity index (χ2v) is 14.8. The second kappa shape index (κ2) is 27.4. The normalized spacial score (nSPS) is 14.1. The lowest BCUT2D eigenvalue weighted by atomic mass is 9.90. The van der Waals surface area contributed by atoms with E-state index in [0.29, 0.717) is 70.0 Å². The highest BCUT2D eigenvalue weighted by atomic mass is 16.7. The van der Waals surface area contributed by atoms with Gasteiger partial charge in [-0.15, -0.1) is 0 Å². The third kappa shape index (κ3) is 16.2. The van der Waals surface area contributed by atoms with Crippen LogP contribution in [0.1, 0.15) is 133 Å². The Hall–Kier alpha value is -5.45. The van der Waals surface area contributed by atoms with E-state index < -0.39 is 60.1 Å². The highest BCUT2D eigenvalue weighted by Gasteiger charge is 2.35. The second-order valence-electron chi connectivity index (χ2n) is 14.8. The summed E-state index contributed by atoms with van der Waals surface area (Å²) in [6.45, 7) is 11.1. The lowest BCUT2D eigenvalue weighted by Crippen LogP contribution is -2.49. The molecule has 2 aromatic rings. The van der Waals surface area contributed by atoms with Crippen LogP contribution >= 0.6 is 0 Å². The first-order valence-electron chi connectivity index (χ1n) is 21.7. The average molecular weight is 856 g/mol. The zero-order chi connectivity index (χ0) is 44.6. The molecule has 1 aromatic carbocycles. The zero-order valence-electron chi connectivity index (χ0n) is 36.3. The molecule has 0 unspecified atom stereocenters. The molecule has 1 aromatic heterocycles. The van der Waals surface area contributed by atoms with Crippen molar-refractivity contribution < 1.29 is 57.0 Å². The number of carbonyl (C=O) groups excluding carboxylic acids is 7. The molecule has 4 N–H and O–H groups in total. The molecule has 1 fully saturated rings. The van der Waals surface area contributed by atoms with E-state index >= 15 is 0 Å². The van der Waals surface area contributed by atoms with Gasteiger partial charge in [0.1, 0.15) is 17.6 Å². The first kappa shape index (κ1) is 49.9. The summed E-state index contributed by atoms with van der Waals surface area (Å²) in [7, 11) is 0. The number of furan rings is 1. The van der Waals surface area contributed by atoms with E-state index in [1.165, 1.54) is 12.1 Å². The van der Waals surface area contributed by atoms with Crippen LogP contribution < -0.4 is 26.0 Å². The molecular formula is C44H65N5O12. The van der Waals surface area contributed by atoms with E-state index in [1.807, 2.05) is 27.7 Å². The quantitative estimate of drug-likeness (QED) is 0.0284. The van der Waals surface area contributed by atoms with Crippen molar-refractivity contribution in [3.8, 4) is 17.1 Å². The van der Waals surface area contributed by atoms with Crippen molar-refractivity contribution in [1.82, 2.24) is 26.3 Å². The minimum atomic E-state index is -1.29. The standard InChI is InChI=1S/C44H65N5O12/c1-6-11-14-15-32(35(9-4)49(29-50)61-43(55)30-20-22-45-23-21-30)40(52)46-28-47-42(54)37-19-18-36(60-37)31-16-17-33(38(26-31)57-10-5)41(53)48-34(44(56)59-25-13-8-3)27-39(51)58-24-12-7-2/h16-19,26,29-30,32,34-35,45H,6-15,20-25,27-28H2,1-5H3,(H,46,52)(H,47,54)(H,48,53)/t32-,34+,35-/m1/s1. The summed E-state index contributed by atoms with van der Waals surface area (Å²) in [4.78, 5) is 96.3. The SMILES string of the molecule is CCCCC[C@@H](C(=O)NCNC(=O)c1ccc(-c2ccc(C(=O)N[C@@H](CC(=O)OCCCC)C(=O)OCCCC)c(OCC)c2)o1)[C@@H](CC)N(C=O)OC(=O)C1CCNCC1. The van der Waals surface area contributed by atoms with Crippen molar-refractivity contribution in [2.75, 3.05) is 39.6 Å². The molecule has 17 heteroatoms. The van der Waals surface area contributed by atoms with Crippen LogP contribution in [0, 0.1) is 11.8 Å². The van der Waals surface area contributed by atoms with Crippen molar-refractivity contribution in [3.63, 3.8) is 0 Å². The number of amides is 4. The van der Waals surface area contributed by atoms with Gasteiger partial charge in [0.05, 0.1) is 56.4 Å². The fourth-order valence-corrected chi connectivity index (χ4v) is 6.74. The van der Waals surface area contributed by atoms with Crippen molar-refractivity contribution in [2.24, 2.45) is 11.8 Å². The maximum Gasteiger partial charge on any atom is 0.335 e.